The maximum absolute atomic E-state index is 11.7. The van der Waals surface area contributed by atoms with E-state index in [1.165, 1.54) is 89.9 Å². The average Bonchev–Trinajstić information content (AvgIpc) is 3.25. The van der Waals surface area contributed by atoms with Gasteiger partial charge in [0.05, 0.1) is 152 Å². The van der Waals surface area contributed by atoms with E-state index in [1.54, 1.807) is 0 Å². The number of ether oxygens (including phenoxy) is 13. The second kappa shape index (κ2) is 56.0. The maximum Gasteiger partial charge on any atom is 0.305 e. The first-order valence-corrected chi connectivity index (χ1v) is 23.9. The molecule has 0 fully saturated rings. The minimum atomic E-state index is -0.140. The fraction of sp³-hybridized carbons (Fsp3) is 0.978. The van der Waals surface area contributed by atoms with Gasteiger partial charge < -0.3 is 61.6 Å². The molecule has 14 heteroatoms. The van der Waals surface area contributed by atoms with Crippen LogP contribution in [-0.4, -0.2) is 171 Å². The van der Waals surface area contributed by atoms with Gasteiger partial charge in [-0.15, -0.1) is 0 Å². The van der Waals surface area contributed by atoms with Crippen molar-refractivity contribution >= 4 is 5.97 Å². The van der Waals surface area contributed by atoms with Crippen LogP contribution in [0.15, 0.2) is 0 Å². The molecule has 0 bridgehead atoms. The van der Waals surface area contributed by atoms with E-state index in [-0.39, 0.29) is 12.6 Å². The van der Waals surface area contributed by atoms with E-state index in [0.29, 0.717) is 158 Å². The van der Waals surface area contributed by atoms with E-state index in [4.69, 9.17) is 61.6 Å². The van der Waals surface area contributed by atoms with Crippen molar-refractivity contribution in [3.8, 4) is 0 Å². The average molecular weight is 869 g/mol. The van der Waals surface area contributed by atoms with Crippen LogP contribution in [0.2, 0.25) is 0 Å². The maximum atomic E-state index is 11.7. The third-order valence-corrected chi connectivity index (χ3v) is 9.21. The molecule has 60 heavy (non-hydrogen) atoms. The van der Waals surface area contributed by atoms with Crippen LogP contribution in [0, 0.1) is 0 Å². The van der Waals surface area contributed by atoms with Gasteiger partial charge in [0.15, 0.2) is 0 Å². The van der Waals surface area contributed by atoms with Gasteiger partial charge in [0.1, 0.15) is 6.61 Å². The fourth-order valence-electron chi connectivity index (χ4n) is 5.73. The number of carbonyl (C=O) groups is 1. The Hall–Kier alpha value is -1.01. The molecule has 0 N–H and O–H groups in total. The van der Waals surface area contributed by atoms with E-state index in [2.05, 4.69) is 13.8 Å². The Morgan fingerprint density at radius 2 is 0.433 bits per heavy atom. The van der Waals surface area contributed by atoms with Crippen molar-refractivity contribution in [3.05, 3.63) is 0 Å². The second-order valence-electron chi connectivity index (χ2n) is 14.6. The molecule has 0 heterocycles. The monoisotopic (exact) mass is 869 g/mol. The highest BCUT2D eigenvalue weighted by Crippen LogP contribution is 2.11. The first-order chi connectivity index (χ1) is 29.8. The molecule has 0 saturated heterocycles. The Kier molecular flexibility index (Phi) is 55.1. The molecule has 0 aliphatic carbocycles. The molecule has 0 aromatic heterocycles. The minimum Gasteiger partial charge on any atom is -0.463 e. The molecular weight excluding hydrogens is 776 g/mol. The van der Waals surface area contributed by atoms with Gasteiger partial charge in [-0.05, 0) is 12.8 Å². The van der Waals surface area contributed by atoms with Crippen molar-refractivity contribution in [3.63, 3.8) is 0 Å². The van der Waals surface area contributed by atoms with Crippen molar-refractivity contribution in [2.75, 3.05) is 165 Å². The van der Waals surface area contributed by atoms with E-state index < -0.39 is 0 Å². The summed E-state index contributed by atoms with van der Waals surface area (Å²) >= 11 is 0. The number of hydrogen-bond acceptors (Lipinski definition) is 14. The predicted molar refractivity (Wildman–Crippen MR) is 235 cm³/mol. The van der Waals surface area contributed by atoms with Crippen LogP contribution in [0.4, 0.5) is 0 Å². The molecule has 0 saturated carbocycles. The Balaban J connectivity index is 3.09. The number of rotatable bonds is 55. The number of carbonyl (C=O) groups excluding carboxylic acids is 1. The van der Waals surface area contributed by atoms with Gasteiger partial charge in [-0.2, -0.15) is 0 Å². The quantitative estimate of drug-likeness (QED) is 0.0435. The van der Waals surface area contributed by atoms with E-state index in [9.17, 15) is 4.79 Å². The lowest BCUT2D eigenvalue weighted by Gasteiger charge is -2.09. The second-order valence-corrected chi connectivity index (χ2v) is 14.6. The Morgan fingerprint density at radius 1 is 0.233 bits per heavy atom. The van der Waals surface area contributed by atoms with Gasteiger partial charge >= 0.3 is 5.97 Å². The molecule has 0 rings (SSSR count). The van der Waals surface area contributed by atoms with Crippen molar-refractivity contribution in [1.29, 1.82) is 0 Å². The van der Waals surface area contributed by atoms with Crippen LogP contribution in [0.5, 0.6) is 0 Å². The van der Waals surface area contributed by atoms with Crippen LogP contribution in [-0.2, 0) is 66.4 Å². The lowest BCUT2D eigenvalue weighted by Crippen LogP contribution is -2.15. The zero-order valence-corrected chi connectivity index (χ0v) is 38.6. The van der Waals surface area contributed by atoms with E-state index in [1.807, 2.05) is 0 Å². The van der Waals surface area contributed by atoms with Crippen molar-refractivity contribution in [2.24, 2.45) is 0 Å². The molecular formula is C46H92O14. The molecule has 0 amide bonds. The van der Waals surface area contributed by atoms with Crippen LogP contribution in [0.3, 0.4) is 0 Å². The van der Waals surface area contributed by atoms with Gasteiger partial charge in [0, 0.05) is 13.0 Å². The molecule has 0 radical (unpaired) electrons. The largest absolute Gasteiger partial charge is 0.463 e. The highest BCUT2D eigenvalue weighted by atomic mass is 16.6. The van der Waals surface area contributed by atoms with E-state index in [0.717, 1.165) is 25.9 Å². The highest BCUT2D eigenvalue weighted by molar-refractivity contribution is 5.69. The van der Waals surface area contributed by atoms with Gasteiger partial charge in [-0.1, -0.05) is 110 Å². The zero-order valence-electron chi connectivity index (χ0n) is 38.6. The molecule has 0 aromatic rings. The van der Waals surface area contributed by atoms with Crippen molar-refractivity contribution in [1.82, 2.24) is 0 Å². The summed E-state index contributed by atoms with van der Waals surface area (Å²) in [5.41, 5.74) is 0. The third-order valence-electron chi connectivity index (χ3n) is 9.21. The van der Waals surface area contributed by atoms with E-state index >= 15 is 0 Å². The summed E-state index contributed by atoms with van der Waals surface area (Å²) in [7, 11) is 0. The number of hydrogen-bond donors (Lipinski definition) is 0. The van der Waals surface area contributed by atoms with Gasteiger partial charge in [-0.3, -0.25) is 4.79 Å². The summed E-state index contributed by atoms with van der Waals surface area (Å²) in [5, 5.41) is 0. The number of unbranched alkanes of at least 4 members (excludes halogenated alkanes) is 15. The van der Waals surface area contributed by atoms with Crippen LogP contribution >= 0.6 is 0 Å². The topological polar surface area (TPSA) is 137 Å². The lowest BCUT2D eigenvalue weighted by molar-refractivity contribution is -0.145. The normalized spacial score (nSPS) is 11.6. The van der Waals surface area contributed by atoms with Crippen molar-refractivity contribution < 1.29 is 66.4 Å². The summed E-state index contributed by atoms with van der Waals surface area (Å²) in [6.45, 7) is 17.4. The lowest BCUT2D eigenvalue weighted by atomic mass is 10.1. The van der Waals surface area contributed by atoms with Gasteiger partial charge in [-0.25, -0.2) is 0 Å². The van der Waals surface area contributed by atoms with Crippen LogP contribution in [0.25, 0.3) is 0 Å². The van der Waals surface area contributed by atoms with Crippen molar-refractivity contribution in [2.45, 2.75) is 129 Å². The number of esters is 1. The molecule has 14 nitrogen and oxygen atoms in total. The zero-order chi connectivity index (χ0) is 43.2. The minimum absolute atomic E-state index is 0.140. The first-order valence-electron chi connectivity index (χ1n) is 23.9. The molecule has 0 unspecified atom stereocenters. The Morgan fingerprint density at radius 3 is 0.700 bits per heavy atom. The SMILES string of the molecule is CCCCCCCCCCCCOCCOCCOCCOCCOCCOCCOCCOCCOCCOCCOCCOCCOC(=O)CCCCCCCCC. The molecule has 0 aliphatic heterocycles. The van der Waals surface area contributed by atoms with Gasteiger partial charge in [0.2, 0.25) is 0 Å². The molecule has 0 spiro atoms. The molecule has 0 aromatic carbocycles. The smallest absolute Gasteiger partial charge is 0.305 e. The third kappa shape index (κ3) is 55.0. The fourth-order valence-corrected chi connectivity index (χ4v) is 5.73. The molecule has 0 atom stereocenters. The Bertz CT molecular complexity index is 781. The van der Waals surface area contributed by atoms with Gasteiger partial charge in [0.25, 0.3) is 0 Å². The summed E-state index contributed by atoms with van der Waals surface area (Å²) in [6, 6.07) is 0. The molecule has 360 valence electrons. The van der Waals surface area contributed by atoms with Crippen LogP contribution in [0.1, 0.15) is 129 Å². The predicted octanol–water partition coefficient (Wildman–Crippen LogP) is 7.79. The molecule has 0 aliphatic rings. The highest BCUT2D eigenvalue weighted by Gasteiger charge is 2.03. The Labute approximate surface area is 366 Å². The summed E-state index contributed by atoms with van der Waals surface area (Å²) in [4.78, 5) is 11.7. The summed E-state index contributed by atoms with van der Waals surface area (Å²) in [5.74, 6) is -0.140. The summed E-state index contributed by atoms with van der Waals surface area (Å²) < 4.78 is 71.5. The summed E-state index contributed by atoms with van der Waals surface area (Å²) in [6.07, 6.45) is 22.2. The van der Waals surface area contributed by atoms with Crippen LogP contribution < -0.4 is 0 Å². The first kappa shape index (κ1) is 59.0. The standard InChI is InChI=1S/C46H92O14/c1-3-5-7-9-11-12-13-15-17-19-21-48-22-23-49-24-25-50-26-27-51-28-29-52-30-31-53-32-33-54-34-35-55-36-37-56-38-39-57-40-41-58-42-43-59-44-45-60-46(47)20-18-16-14-10-8-6-4-2/h3-45H2,1-2H3.